The van der Waals surface area contributed by atoms with E-state index in [1.165, 1.54) is 16.0 Å². The largest absolute Gasteiger partial charge is 0.355 e. The van der Waals surface area contributed by atoms with Crippen LogP contribution < -0.4 is 10.6 Å². The van der Waals surface area contributed by atoms with Gasteiger partial charge in [-0.1, -0.05) is 50.2 Å². The summed E-state index contributed by atoms with van der Waals surface area (Å²) in [5, 5.41) is 13.2. The van der Waals surface area contributed by atoms with Crippen molar-refractivity contribution in [1.29, 1.82) is 0 Å². The predicted molar refractivity (Wildman–Crippen MR) is 111 cm³/mol. The fourth-order valence-corrected chi connectivity index (χ4v) is 3.51. The Bertz CT molecular complexity index is 840. The van der Waals surface area contributed by atoms with E-state index < -0.39 is 0 Å². The highest BCUT2D eigenvalue weighted by atomic mass is 32.1. The number of aromatic nitrogens is 2. The summed E-state index contributed by atoms with van der Waals surface area (Å²) in [6, 6.07) is 14.5. The quantitative estimate of drug-likeness (QED) is 0.557. The summed E-state index contributed by atoms with van der Waals surface area (Å²) in [6.07, 6.45) is 2.11. The summed E-state index contributed by atoms with van der Waals surface area (Å²) >= 11 is 1.70. The van der Waals surface area contributed by atoms with Gasteiger partial charge in [-0.15, -0.1) is 11.3 Å². The molecule has 142 valence electrons. The molecule has 3 rings (SSSR count). The van der Waals surface area contributed by atoms with Crippen LogP contribution in [0.2, 0.25) is 0 Å². The molecule has 0 atom stereocenters. The van der Waals surface area contributed by atoms with Crippen molar-refractivity contribution in [2.24, 2.45) is 5.92 Å². The van der Waals surface area contributed by atoms with Gasteiger partial charge in [-0.25, -0.2) is 0 Å². The number of nitrogens with zero attached hydrogens (tertiary/aromatic N) is 2. The Morgan fingerprint density at radius 3 is 2.67 bits per heavy atom. The molecule has 0 bridgehead atoms. The Kier molecular flexibility index (Phi) is 6.79. The van der Waals surface area contributed by atoms with Gasteiger partial charge in [-0.2, -0.15) is 5.10 Å². The standard InChI is InChI=1S/C21H26N4OS/c1-16(2)21(26)23-11-10-22-13-18-15-25(14-17-7-4-3-5-8-17)24-20(18)19-9-6-12-27-19/h3-9,12,15-16,22H,10-11,13-14H2,1-2H3,(H,23,26). The van der Waals surface area contributed by atoms with E-state index >= 15 is 0 Å². The van der Waals surface area contributed by atoms with Gasteiger partial charge in [0.05, 0.1) is 11.4 Å². The summed E-state index contributed by atoms with van der Waals surface area (Å²) in [5.41, 5.74) is 3.43. The molecule has 0 saturated carbocycles. The first kappa shape index (κ1) is 19.3. The van der Waals surface area contributed by atoms with Gasteiger partial charge in [-0.05, 0) is 17.0 Å². The SMILES string of the molecule is CC(C)C(=O)NCCNCc1cn(Cc2ccccc2)nc1-c1cccs1. The highest BCUT2D eigenvalue weighted by Crippen LogP contribution is 2.26. The molecule has 2 N–H and O–H groups in total. The summed E-state index contributed by atoms with van der Waals surface area (Å²) < 4.78 is 2.00. The molecule has 0 unspecified atom stereocenters. The number of rotatable bonds is 9. The Balaban J connectivity index is 1.63. The highest BCUT2D eigenvalue weighted by molar-refractivity contribution is 7.13. The van der Waals surface area contributed by atoms with Crippen LogP contribution >= 0.6 is 11.3 Å². The van der Waals surface area contributed by atoms with Crippen molar-refractivity contribution >= 4 is 17.2 Å². The van der Waals surface area contributed by atoms with Crippen molar-refractivity contribution < 1.29 is 4.79 Å². The van der Waals surface area contributed by atoms with Gasteiger partial charge in [0, 0.05) is 37.3 Å². The van der Waals surface area contributed by atoms with Gasteiger partial charge in [0.2, 0.25) is 5.91 Å². The van der Waals surface area contributed by atoms with Crippen LogP contribution in [0.5, 0.6) is 0 Å². The molecule has 0 radical (unpaired) electrons. The molecule has 27 heavy (non-hydrogen) atoms. The number of nitrogens with one attached hydrogen (secondary N) is 2. The minimum Gasteiger partial charge on any atom is -0.355 e. The molecule has 3 aromatic rings. The molecule has 2 heterocycles. The van der Waals surface area contributed by atoms with Crippen LogP contribution in [0.3, 0.4) is 0 Å². The minimum absolute atomic E-state index is 0.0200. The number of carbonyl (C=O) groups excluding carboxylic acids is 1. The Morgan fingerprint density at radius 2 is 1.96 bits per heavy atom. The van der Waals surface area contributed by atoms with Gasteiger partial charge in [-0.3, -0.25) is 9.48 Å². The molecular formula is C21H26N4OS. The second-order valence-electron chi connectivity index (χ2n) is 6.79. The van der Waals surface area contributed by atoms with Gasteiger partial charge in [0.15, 0.2) is 0 Å². The molecule has 6 heteroatoms. The lowest BCUT2D eigenvalue weighted by atomic mass is 10.2. The molecule has 0 spiro atoms. The third-order valence-corrected chi connectivity index (χ3v) is 5.10. The van der Waals surface area contributed by atoms with Crippen molar-refractivity contribution in [1.82, 2.24) is 20.4 Å². The average Bonchev–Trinajstić information content (AvgIpc) is 3.31. The first-order chi connectivity index (χ1) is 13.1. The maximum Gasteiger partial charge on any atom is 0.222 e. The van der Waals surface area contributed by atoms with Crippen LogP contribution in [-0.2, 0) is 17.9 Å². The summed E-state index contributed by atoms with van der Waals surface area (Å²) in [5.74, 6) is 0.110. The van der Waals surface area contributed by atoms with Crippen LogP contribution in [0.15, 0.2) is 54.0 Å². The molecule has 5 nitrogen and oxygen atoms in total. The van der Waals surface area contributed by atoms with Crippen LogP contribution in [0, 0.1) is 5.92 Å². The molecule has 0 aliphatic heterocycles. The molecule has 2 aromatic heterocycles. The zero-order chi connectivity index (χ0) is 19.1. The molecule has 1 amide bonds. The lowest BCUT2D eigenvalue weighted by Crippen LogP contribution is -2.34. The average molecular weight is 383 g/mol. The van der Waals surface area contributed by atoms with E-state index in [-0.39, 0.29) is 11.8 Å². The molecule has 0 aliphatic rings. The van der Waals surface area contributed by atoms with E-state index in [1.54, 1.807) is 11.3 Å². The minimum atomic E-state index is 0.0200. The number of hydrogen-bond donors (Lipinski definition) is 2. The second-order valence-corrected chi connectivity index (χ2v) is 7.73. The van der Waals surface area contributed by atoms with Crippen LogP contribution in [0.25, 0.3) is 10.6 Å². The zero-order valence-corrected chi connectivity index (χ0v) is 16.6. The van der Waals surface area contributed by atoms with Crippen LogP contribution in [0.1, 0.15) is 25.0 Å². The fraction of sp³-hybridized carbons (Fsp3) is 0.333. The third kappa shape index (κ3) is 5.52. The number of carbonyl (C=O) groups is 1. The summed E-state index contributed by atoms with van der Waals surface area (Å²) in [6.45, 7) is 6.63. The molecule has 1 aromatic carbocycles. The van der Waals surface area contributed by atoms with Gasteiger partial charge in [0.1, 0.15) is 5.69 Å². The van der Waals surface area contributed by atoms with Crippen molar-refractivity contribution in [3.8, 4) is 10.6 Å². The first-order valence-corrected chi connectivity index (χ1v) is 10.1. The third-order valence-electron chi connectivity index (χ3n) is 4.22. The van der Waals surface area contributed by atoms with E-state index in [1.807, 2.05) is 36.7 Å². The number of hydrogen-bond acceptors (Lipinski definition) is 4. The second kappa shape index (κ2) is 9.48. The topological polar surface area (TPSA) is 59.0 Å². The summed E-state index contributed by atoms with van der Waals surface area (Å²) in [7, 11) is 0. The Morgan fingerprint density at radius 1 is 1.15 bits per heavy atom. The van der Waals surface area contributed by atoms with Crippen molar-refractivity contribution in [2.45, 2.75) is 26.9 Å². The normalized spacial score (nSPS) is 11.1. The van der Waals surface area contributed by atoms with Crippen LogP contribution in [-0.4, -0.2) is 28.8 Å². The molecule has 0 fully saturated rings. The monoisotopic (exact) mass is 382 g/mol. The lowest BCUT2D eigenvalue weighted by Gasteiger charge is -2.08. The number of amides is 1. The maximum atomic E-state index is 11.6. The van der Waals surface area contributed by atoms with E-state index in [2.05, 4.69) is 46.5 Å². The van der Waals surface area contributed by atoms with E-state index in [9.17, 15) is 4.79 Å². The zero-order valence-electron chi connectivity index (χ0n) is 15.8. The van der Waals surface area contributed by atoms with Crippen molar-refractivity contribution in [2.75, 3.05) is 13.1 Å². The van der Waals surface area contributed by atoms with Gasteiger partial charge >= 0.3 is 0 Å². The number of benzene rings is 1. The van der Waals surface area contributed by atoms with E-state index in [4.69, 9.17) is 5.10 Å². The smallest absolute Gasteiger partial charge is 0.222 e. The predicted octanol–water partition coefficient (Wildman–Crippen LogP) is 3.52. The van der Waals surface area contributed by atoms with Gasteiger partial charge < -0.3 is 10.6 Å². The molecular weight excluding hydrogens is 356 g/mol. The molecule has 0 saturated heterocycles. The number of thiophene rings is 1. The Labute approximate surface area is 164 Å². The van der Waals surface area contributed by atoms with Crippen molar-refractivity contribution in [3.05, 3.63) is 65.2 Å². The lowest BCUT2D eigenvalue weighted by molar-refractivity contribution is -0.123. The first-order valence-electron chi connectivity index (χ1n) is 9.26. The maximum absolute atomic E-state index is 11.6. The Hall–Kier alpha value is -2.44. The fourth-order valence-electron chi connectivity index (χ4n) is 2.77. The van der Waals surface area contributed by atoms with Gasteiger partial charge in [0.25, 0.3) is 0 Å². The molecule has 0 aliphatic carbocycles. The van der Waals surface area contributed by atoms with Crippen molar-refractivity contribution in [3.63, 3.8) is 0 Å². The van der Waals surface area contributed by atoms with E-state index in [0.717, 1.165) is 25.3 Å². The van der Waals surface area contributed by atoms with E-state index in [0.29, 0.717) is 6.54 Å². The summed E-state index contributed by atoms with van der Waals surface area (Å²) in [4.78, 5) is 12.8. The van der Waals surface area contributed by atoms with Crippen LogP contribution in [0.4, 0.5) is 0 Å². The highest BCUT2D eigenvalue weighted by Gasteiger charge is 2.12.